The summed E-state index contributed by atoms with van der Waals surface area (Å²) in [4.78, 5) is 0. The number of nitrogens with one attached hydrogen (secondary N) is 1. The Kier molecular flexibility index (Phi) is 4.98. The number of hydrogen-bond acceptors (Lipinski definition) is 2. The average Bonchev–Trinajstić information content (AvgIpc) is 2.68. The maximum Gasteiger partial charge on any atom is 0.0498 e. The Labute approximate surface area is 118 Å². The number of fused-ring (bicyclic) bond motifs is 1. The third kappa shape index (κ3) is 3.02. The highest BCUT2D eigenvalue weighted by molar-refractivity contribution is 7.98. The second-order valence-electron chi connectivity index (χ2n) is 4.39. The predicted octanol–water partition coefficient (Wildman–Crippen LogP) is 3.77. The van der Waals surface area contributed by atoms with Crippen LogP contribution in [0.1, 0.15) is 12.0 Å². The normalized spacial score (nSPS) is 11.3. The first-order valence-electron chi connectivity index (χ1n) is 6.17. The Balaban J connectivity index is 2.35. The number of aromatic nitrogens is 1. The first-order valence-corrected chi connectivity index (χ1v) is 7.94. The van der Waals surface area contributed by atoms with Crippen LogP contribution in [0.15, 0.2) is 24.4 Å². The van der Waals surface area contributed by atoms with E-state index in [4.69, 9.17) is 11.6 Å². The molecule has 0 bridgehead atoms. The topological polar surface area (TPSA) is 17.0 Å². The second-order valence-corrected chi connectivity index (χ2v) is 5.81. The third-order valence-corrected chi connectivity index (χ3v) is 3.97. The van der Waals surface area contributed by atoms with Crippen LogP contribution in [0.5, 0.6) is 0 Å². The molecule has 18 heavy (non-hydrogen) atoms. The minimum Gasteiger partial charge on any atom is -0.347 e. The van der Waals surface area contributed by atoms with Crippen molar-refractivity contribution in [3.05, 3.63) is 35.0 Å². The summed E-state index contributed by atoms with van der Waals surface area (Å²) in [7, 11) is 1.98. The molecule has 2 rings (SSSR count). The number of halogens is 1. The van der Waals surface area contributed by atoms with Gasteiger partial charge in [0.2, 0.25) is 0 Å². The van der Waals surface area contributed by atoms with Gasteiger partial charge in [-0.2, -0.15) is 11.8 Å². The van der Waals surface area contributed by atoms with Gasteiger partial charge in [-0.05, 0) is 43.2 Å². The molecule has 0 aliphatic carbocycles. The van der Waals surface area contributed by atoms with Gasteiger partial charge in [0.1, 0.15) is 0 Å². The summed E-state index contributed by atoms with van der Waals surface area (Å²) < 4.78 is 2.32. The second kappa shape index (κ2) is 6.50. The van der Waals surface area contributed by atoms with E-state index in [1.54, 1.807) is 0 Å². The van der Waals surface area contributed by atoms with Crippen LogP contribution < -0.4 is 5.32 Å². The highest BCUT2D eigenvalue weighted by Crippen LogP contribution is 2.25. The third-order valence-electron chi connectivity index (χ3n) is 3.04. The van der Waals surface area contributed by atoms with Crippen molar-refractivity contribution in [1.82, 2.24) is 9.88 Å². The van der Waals surface area contributed by atoms with Crippen LogP contribution in [0, 0.1) is 0 Å². The van der Waals surface area contributed by atoms with Crippen molar-refractivity contribution in [3.63, 3.8) is 0 Å². The van der Waals surface area contributed by atoms with Gasteiger partial charge in [-0.3, -0.25) is 0 Å². The number of thioether (sulfide) groups is 1. The Bertz CT molecular complexity index is 522. The standard InChI is InChI=1S/C14H19ClN2S/c1-16-9-11-10-17(6-3-7-18-2)14-8-12(15)4-5-13(11)14/h4-5,8,10,16H,3,6-7,9H2,1-2H3. The molecule has 0 aliphatic heterocycles. The van der Waals surface area contributed by atoms with Gasteiger partial charge in [0, 0.05) is 35.2 Å². The van der Waals surface area contributed by atoms with Crippen LogP contribution in [0.25, 0.3) is 10.9 Å². The first-order chi connectivity index (χ1) is 8.76. The van der Waals surface area contributed by atoms with Crippen LogP contribution in [0.3, 0.4) is 0 Å². The molecule has 0 amide bonds. The van der Waals surface area contributed by atoms with E-state index in [1.807, 2.05) is 24.9 Å². The Hall–Kier alpha value is -0.640. The number of nitrogens with zero attached hydrogens (tertiary/aromatic N) is 1. The van der Waals surface area contributed by atoms with Gasteiger partial charge in [0.15, 0.2) is 0 Å². The van der Waals surface area contributed by atoms with Gasteiger partial charge in [0.25, 0.3) is 0 Å². The molecule has 0 aliphatic rings. The van der Waals surface area contributed by atoms with E-state index < -0.39 is 0 Å². The average molecular weight is 283 g/mol. The number of rotatable bonds is 6. The molecule has 2 aromatic rings. The fraction of sp³-hybridized carbons (Fsp3) is 0.429. The lowest BCUT2D eigenvalue weighted by Gasteiger charge is -2.04. The summed E-state index contributed by atoms with van der Waals surface area (Å²) in [6.45, 7) is 1.95. The van der Waals surface area contributed by atoms with Crippen LogP contribution in [-0.2, 0) is 13.1 Å². The molecule has 4 heteroatoms. The van der Waals surface area contributed by atoms with Gasteiger partial charge in [-0.25, -0.2) is 0 Å². The Morgan fingerprint density at radius 2 is 2.22 bits per heavy atom. The largest absolute Gasteiger partial charge is 0.347 e. The molecule has 98 valence electrons. The molecule has 0 spiro atoms. The maximum atomic E-state index is 6.11. The number of hydrogen-bond donors (Lipinski definition) is 1. The van der Waals surface area contributed by atoms with Gasteiger partial charge < -0.3 is 9.88 Å². The maximum absolute atomic E-state index is 6.11. The van der Waals surface area contributed by atoms with E-state index in [-0.39, 0.29) is 0 Å². The molecule has 0 unspecified atom stereocenters. The summed E-state index contributed by atoms with van der Waals surface area (Å²) in [5.41, 5.74) is 2.59. The lowest BCUT2D eigenvalue weighted by molar-refractivity contribution is 0.703. The summed E-state index contributed by atoms with van der Waals surface area (Å²) >= 11 is 8.00. The van der Waals surface area contributed by atoms with Gasteiger partial charge in [0.05, 0.1) is 0 Å². The lowest BCUT2D eigenvalue weighted by atomic mass is 10.2. The van der Waals surface area contributed by atoms with Gasteiger partial charge >= 0.3 is 0 Å². The lowest BCUT2D eigenvalue weighted by Crippen LogP contribution is -2.04. The zero-order valence-corrected chi connectivity index (χ0v) is 12.4. The number of aryl methyl sites for hydroxylation is 1. The summed E-state index contributed by atoms with van der Waals surface area (Å²) in [6.07, 6.45) is 5.59. The highest BCUT2D eigenvalue weighted by atomic mass is 35.5. The van der Waals surface area contributed by atoms with E-state index in [0.717, 1.165) is 18.1 Å². The van der Waals surface area contributed by atoms with E-state index in [2.05, 4.69) is 34.5 Å². The van der Waals surface area contributed by atoms with E-state index >= 15 is 0 Å². The molecule has 0 saturated heterocycles. The minimum absolute atomic E-state index is 0.808. The van der Waals surface area contributed by atoms with Crippen LogP contribution in [-0.4, -0.2) is 23.6 Å². The highest BCUT2D eigenvalue weighted by Gasteiger charge is 2.08. The zero-order valence-electron chi connectivity index (χ0n) is 10.9. The van der Waals surface area contributed by atoms with Crippen molar-refractivity contribution in [3.8, 4) is 0 Å². The van der Waals surface area contributed by atoms with Crippen LogP contribution in [0.2, 0.25) is 5.02 Å². The molecular formula is C14H19ClN2S. The molecule has 2 nitrogen and oxygen atoms in total. The molecule has 0 saturated carbocycles. The quantitative estimate of drug-likeness (QED) is 0.813. The molecule has 1 heterocycles. The molecule has 0 radical (unpaired) electrons. The van der Waals surface area contributed by atoms with Crippen molar-refractivity contribution in [1.29, 1.82) is 0 Å². The minimum atomic E-state index is 0.808. The van der Waals surface area contributed by atoms with Gasteiger partial charge in [-0.1, -0.05) is 17.7 Å². The van der Waals surface area contributed by atoms with E-state index in [0.29, 0.717) is 0 Å². The van der Waals surface area contributed by atoms with Crippen molar-refractivity contribution >= 4 is 34.3 Å². The Morgan fingerprint density at radius 3 is 2.94 bits per heavy atom. The summed E-state index contributed by atoms with van der Waals surface area (Å²) in [5, 5.41) is 5.33. The fourth-order valence-electron chi connectivity index (χ4n) is 2.24. The SMILES string of the molecule is CNCc1cn(CCCSC)c2cc(Cl)ccc12. The van der Waals surface area contributed by atoms with Crippen molar-refractivity contribution in [2.75, 3.05) is 19.1 Å². The fourth-order valence-corrected chi connectivity index (χ4v) is 2.82. The molecule has 0 atom stereocenters. The molecular weight excluding hydrogens is 264 g/mol. The van der Waals surface area contributed by atoms with Gasteiger partial charge in [-0.15, -0.1) is 0 Å². The van der Waals surface area contributed by atoms with E-state index in [1.165, 1.54) is 28.6 Å². The van der Waals surface area contributed by atoms with Crippen molar-refractivity contribution in [2.45, 2.75) is 19.5 Å². The molecule has 1 aromatic carbocycles. The summed E-state index contributed by atoms with van der Waals surface area (Å²) in [6, 6.07) is 6.15. The molecule has 1 N–H and O–H groups in total. The van der Waals surface area contributed by atoms with Crippen LogP contribution >= 0.6 is 23.4 Å². The van der Waals surface area contributed by atoms with E-state index in [9.17, 15) is 0 Å². The molecule has 0 fully saturated rings. The predicted molar refractivity (Wildman–Crippen MR) is 82.7 cm³/mol. The zero-order chi connectivity index (χ0) is 13.0. The number of benzene rings is 1. The molecule has 1 aromatic heterocycles. The smallest absolute Gasteiger partial charge is 0.0498 e. The van der Waals surface area contributed by atoms with Crippen LogP contribution in [0.4, 0.5) is 0 Å². The monoisotopic (exact) mass is 282 g/mol. The first kappa shape index (κ1) is 13.8. The summed E-state index contributed by atoms with van der Waals surface area (Å²) in [5.74, 6) is 1.20. The van der Waals surface area contributed by atoms with Crippen molar-refractivity contribution in [2.24, 2.45) is 0 Å². The van der Waals surface area contributed by atoms with Crippen molar-refractivity contribution < 1.29 is 0 Å². The Morgan fingerprint density at radius 1 is 1.39 bits per heavy atom.